The van der Waals surface area contributed by atoms with Crippen LogP contribution in [-0.4, -0.2) is 46.6 Å². The first kappa shape index (κ1) is 17.4. The Morgan fingerprint density at radius 3 is 2.76 bits per heavy atom. The molecule has 0 bridgehead atoms. The molecule has 7 heteroatoms. The molecule has 1 aliphatic heterocycles. The number of rotatable bonds is 4. The van der Waals surface area contributed by atoms with E-state index < -0.39 is 0 Å². The van der Waals surface area contributed by atoms with Gasteiger partial charge in [-0.3, -0.25) is 4.79 Å². The summed E-state index contributed by atoms with van der Waals surface area (Å²) in [5.41, 5.74) is 2.07. The average Bonchev–Trinajstić information content (AvgIpc) is 3.22. The Morgan fingerprint density at radius 1 is 1.40 bits per heavy atom. The summed E-state index contributed by atoms with van der Waals surface area (Å²) in [6.07, 6.45) is 3.47. The topological polar surface area (TPSA) is 75.4 Å². The number of likely N-dealkylation sites (tertiary alicyclic amines) is 1. The van der Waals surface area contributed by atoms with Gasteiger partial charge in [0, 0.05) is 38.8 Å². The molecule has 1 fully saturated rings. The summed E-state index contributed by atoms with van der Waals surface area (Å²) in [5, 5.41) is 4.20. The summed E-state index contributed by atoms with van der Waals surface area (Å²) in [6.45, 7) is 6.69. The molecule has 0 radical (unpaired) electrons. The fraction of sp³-hybridized carbons (Fsp3) is 0.556. The van der Waals surface area contributed by atoms with Crippen LogP contribution in [0, 0.1) is 6.92 Å². The van der Waals surface area contributed by atoms with E-state index in [1.54, 1.807) is 6.20 Å². The monoisotopic (exact) mass is 343 g/mol. The lowest BCUT2D eigenvalue weighted by atomic mass is 10.1. The van der Waals surface area contributed by atoms with Crippen LogP contribution in [0.1, 0.15) is 66.2 Å². The third-order valence-electron chi connectivity index (χ3n) is 4.57. The third-order valence-corrected chi connectivity index (χ3v) is 4.57. The van der Waals surface area contributed by atoms with E-state index in [0.29, 0.717) is 23.8 Å². The van der Waals surface area contributed by atoms with Gasteiger partial charge in [0.2, 0.25) is 5.95 Å². The van der Waals surface area contributed by atoms with Crippen molar-refractivity contribution in [3.8, 4) is 0 Å². The Balaban J connectivity index is 1.85. The van der Waals surface area contributed by atoms with Crippen molar-refractivity contribution in [2.75, 3.05) is 25.5 Å². The van der Waals surface area contributed by atoms with E-state index in [1.807, 2.05) is 36.9 Å². The fourth-order valence-electron chi connectivity index (χ4n) is 3.09. The van der Waals surface area contributed by atoms with Gasteiger partial charge in [-0.05, 0) is 19.8 Å². The Hall–Kier alpha value is -2.44. The molecule has 0 aliphatic carbocycles. The van der Waals surface area contributed by atoms with Crippen molar-refractivity contribution in [3.05, 3.63) is 35.0 Å². The van der Waals surface area contributed by atoms with Crippen LogP contribution in [0.4, 0.5) is 5.95 Å². The molecule has 0 aromatic carbocycles. The summed E-state index contributed by atoms with van der Waals surface area (Å²) < 4.78 is 5.42. The van der Waals surface area contributed by atoms with Crippen LogP contribution in [0.5, 0.6) is 0 Å². The largest absolute Gasteiger partial charge is 0.361 e. The molecule has 25 heavy (non-hydrogen) atoms. The van der Waals surface area contributed by atoms with Crippen LogP contribution in [-0.2, 0) is 0 Å². The highest BCUT2D eigenvalue weighted by Gasteiger charge is 2.34. The van der Waals surface area contributed by atoms with E-state index in [2.05, 4.69) is 29.0 Å². The first-order valence-corrected chi connectivity index (χ1v) is 8.67. The van der Waals surface area contributed by atoms with Gasteiger partial charge in [-0.2, -0.15) is 0 Å². The molecule has 2 aromatic heterocycles. The van der Waals surface area contributed by atoms with Gasteiger partial charge in [0.25, 0.3) is 5.91 Å². The minimum atomic E-state index is -0.0447. The number of hydrogen-bond donors (Lipinski definition) is 0. The first-order chi connectivity index (χ1) is 11.9. The fourth-order valence-corrected chi connectivity index (χ4v) is 3.09. The summed E-state index contributed by atoms with van der Waals surface area (Å²) in [4.78, 5) is 25.4. The third kappa shape index (κ3) is 3.36. The predicted molar refractivity (Wildman–Crippen MR) is 94.7 cm³/mol. The maximum absolute atomic E-state index is 13.0. The average molecular weight is 343 g/mol. The van der Waals surface area contributed by atoms with Gasteiger partial charge in [0.1, 0.15) is 11.5 Å². The Kier molecular flexibility index (Phi) is 4.74. The Bertz CT molecular complexity index is 769. The number of carbonyl (C=O) groups excluding carboxylic acids is 1. The Morgan fingerprint density at radius 2 is 2.16 bits per heavy atom. The number of aryl methyl sites for hydroxylation is 1. The number of anilines is 1. The molecule has 1 atom stereocenters. The molecule has 0 saturated carbocycles. The molecule has 1 aliphatic rings. The van der Waals surface area contributed by atoms with Gasteiger partial charge in [-0.25, -0.2) is 9.97 Å². The number of hydrogen-bond acceptors (Lipinski definition) is 6. The van der Waals surface area contributed by atoms with Crippen molar-refractivity contribution in [2.24, 2.45) is 0 Å². The van der Waals surface area contributed by atoms with Crippen LogP contribution >= 0.6 is 0 Å². The molecule has 3 rings (SSSR count). The van der Waals surface area contributed by atoms with E-state index in [-0.39, 0.29) is 17.9 Å². The van der Waals surface area contributed by atoms with Crippen molar-refractivity contribution in [2.45, 2.75) is 45.6 Å². The molecule has 3 heterocycles. The smallest absolute Gasteiger partial charge is 0.257 e. The normalized spacial score (nSPS) is 17.4. The maximum atomic E-state index is 13.0. The zero-order chi connectivity index (χ0) is 18.1. The quantitative estimate of drug-likeness (QED) is 0.849. The minimum absolute atomic E-state index is 0.0422. The molecular formula is C18H25N5O2. The second kappa shape index (κ2) is 6.82. The van der Waals surface area contributed by atoms with Crippen LogP contribution < -0.4 is 4.90 Å². The molecule has 0 unspecified atom stereocenters. The maximum Gasteiger partial charge on any atom is 0.257 e. The van der Waals surface area contributed by atoms with Gasteiger partial charge in [0.05, 0.1) is 17.3 Å². The minimum Gasteiger partial charge on any atom is -0.361 e. The number of carbonyl (C=O) groups is 1. The highest BCUT2D eigenvalue weighted by Crippen LogP contribution is 2.34. The molecular weight excluding hydrogens is 318 g/mol. The highest BCUT2D eigenvalue weighted by molar-refractivity contribution is 5.95. The van der Waals surface area contributed by atoms with Crippen LogP contribution in [0.2, 0.25) is 0 Å². The van der Waals surface area contributed by atoms with Crippen molar-refractivity contribution < 1.29 is 9.32 Å². The molecule has 0 N–H and O–H groups in total. The number of amides is 1. The van der Waals surface area contributed by atoms with Gasteiger partial charge in [0.15, 0.2) is 0 Å². The molecule has 0 spiro atoms. The molecule has 1 saturated heterocycles. The van der Waals surface area contributed by atoms with Crippen molar-refractivity contribution in [1.82, 2.24) is 20.0 Å². The van der Waals surface area contributed by atoms with E-state index >= 15 is 0 Å². The van der Waals surface area contributed by atoms with Crippen molar-refractivity contribution >= 4 is 11.9 Å². The predicted octanol–water partition coefficient (Wildman–Crippen LogP) is 2.94. The lowest BCUT2D eigenvalue weighted by Crippen LogP contribution is -2.31. The summed E-state index contributed by atoms with van der Waals surface area (Å²) in [6, 6.07) is 1.93. The van der Waals surface area contributed by atoms with E-state index in [4.69, 9.17) is 4.52 Å². The standard InChI is InChI=1S/C18H25N5O2/c1-11(2)16-9-14(21-25-16)15-7-6-8-23(15)17(24)13-10-19-18(22(4)5)20-12(13)3/h9-11,15H,6-8H2,1-5H3/t15-/m1/s1. The van der Waals surface area contributed by atoms with Gasteiger partial charge in [-0.1, -0.05) is 19.0 Å². The van der Waals surface area contributed by atoms with Crippen LogP contribution in [0.3, 0.4) is 0 Å². The van der Waals surface area contributed by atoms with Gasteiger partial charge in [-0.15, -0.1) is 0 Å². The van der Waals surface area contributed by atoms with E-state index in [1.165, 1.54) is 0 Å². The zero-order valence-electron chi connectivity index (χ0n) is 15.5. The summed E-state index contributed by atoms with van der Waals surface area (Å²) in [5.74, 6) is 1.69. The van der Waals surface area contributed by atoms with Crippen LogP contribution in [0.25, 0.3) is 0 Å². The highest BCUT2D eigenvalue weighted by atomic mass is 16.5. The molecule has 134 valence electrons. The Labute approximate surface area is 148 Å². The zero-order valence-corrected chi connectivity index (χ0v) is 15.5. The molecule has 7 nitrogen and oxygen atoms in total. The van der Waals surface area contributed by atoms with E-state index in [9.17, 15) is 4.79 Å². The van der Waals surface area contributed by atoms with Crippen molar-refractivity contribution in [3.63, 3.8) is 0 Å². The van der Waals surface area contributed by atoms with Gasteiger partial charge < -0.3 is 14.3 Å². The van der Waals surface area contributed by atoms with E-state index in [0.717, 1.165) is 24.3 Å². The van der Waals surface area contributed by atoms with Crippen LogP contribution in [0.15, 0.2) is 16.8 Å². The lowest BCUT2D eigenvalue weighted by molar-refractivity contribution is 0.0729. The van der Waals surface area contributed by atoms with Gasteiger partial charge >= 0.3 is 0 Å². The lowest BCUT2D eigenvalue weighted by Gasteiger charge is -2.23. The number of nitrogens with zero attached hydrogens (tertiary/aromatic N) is 5. The summed E-state index contributed by atoms with van der Waals surface area (Å²) in [7, 11) is 3.76. The second-order valence-electron chi connectivity index (χ2n) is 7.03. The van der Waals surface area contributed by atoms with Crippen molar-refractivity contribution in [1.29, 1.82) is 0 Å². The number of aromatic nitrogens is 3. The molecule has 2 aromatic rings. The molecule has 1 amide bonds. The second-order valence-corrected chi connectivity index (χ2v) is 7.03. The first-order valence-electron chi connectivity index (χ1n) is 8.67. The summed E-state index contributed by atoms with van der Waals surface area (Å²) >= 11 is 0. The SMILES string of the molecule is Cc1nc(N(C)C)ncc1C(=O)N1CCC[C@@H]1c1cc(C(C)C)on1.